The van der Waals surface area contributed by atoms with E-state index < -0.39 is 37.2 Å². The van der Waals surface area contributed by atoms with E-state index in [2.05, 4.69) is 24.3 Å². The van der Waals surface area contributed by atoms with Crippen LogP contribution in [0.5, 0.6) is 0 Å². The average molecular weight is 449 g/mol. The van der Waals surface area contributed by atoms with Crippen LogP contribution in [0.3, 0.4) is 0 Å². The summed E-state index contributed by atoms with van der Waals surface area (Å²) in [7, 11) is 0. The second-order valence-electron chi connectivity index (χ2n) is 7.38. The summed E-state index contributed by atoms with van der Waals surface area (Å²) < 4.78 is 18.7. The van der Waals surface area contributed by atoms with Crippen molar-refractivity contribution in [1.82, 2.24) is 0 Å². The van der Waals surface area contributed by atoms with Gasteiger partial charge in [-0.2, -0.15) is 0 Å². The van der Waals surface area contributed by atoms with Crippen LogP contribution < -0.4 is 0 Å². The first-order chi connectivity index (χ1) is 14.5. The Balaban J connectivity index is 1.57. The van der Waals surface area contributed by atoms with Crippen LogP contribution in [0.4, 0.5) is 4.39 Å². The third-order valence-electron chi connectivity index (χ3n) is 5.35. The summed E-state index contributed by atoms with van der Waals surface area (Å²) in [5, 5.41) is 30.9. The highest BCUT2D eigenvalue weighted by Gasteiger charge is 2.44. The van der Waals surface area contributed by atoms with Gasteiger partial charge in [0.2, 0.25) is 0 Å². The highest BCUT2D eigenvalue weighted by Crippen LogP contribution is 2.36. The van der Waals surface area contributed by atoms with E-state index in [1.54, 1.807) is 29.5 Å². The standard InChI is InChI=1S/C23H22ClFO4S/c24-17-8-6-14(23-22(28)21(27)20(26)18(12-25)29-23)10-15(17)11-16-7-9-19(30-16)13-4-2-1-3-5-13/h1-10,18,20-23,26-28H,11-12H2/t18?,20-,21?,22-,23?/m1/s1. The van der Waals surface area contributed by atoms with Crippen molar-refractivity contribution in [3.63, 3.8) is 0 Å². The Bertz CT molecular complexity index is 994. The molecule has 0 aliphatic carbocycles. The number of alkyl halides is 1. The first-order valence-corrected chi connectivity index (χ1v) is 10.9. The summed E-state index contributed by atoms with van der Waals surface area (Å²) in [6.07, 6.45) is -5.90. The van der Waals surface area contributed by atoms with Gasteiger partial charge in [-0.25, -0.2) is 4.39 Å². The predicted octanol–water partition coefficient (Wildman–Crippen LogP) is 4.15. The fourth-order valence-electron chi connectivity index (χ4n) is 3.68. The van der Waals surface area contributed by atoms with E-state index >= 15 is 0 Å². The number of benzene rings is 2. The number of rotatable bonds is 5. The molecule has 1 aromatic heterocycles. The molecule has 1 aliphatic heterocycles. The number of hydrogen-bond donors (Lipinski definition) is 3. The van der Waals surface area contributed by atoms with E-state index in [0.717, 1.165) is 20.9 Å². The molecule has 30 heavy (non-hydrogen) atoms. The van der Waals surface area contributed by atoms with Crippen LogP contribution in [-0.2, 0) is 11.2 Å². The van der Waals surface area contributed by atoms with E-state index in [-0.39, 0.29) is 0 Å². The zero-order chi connectivity index (χ0) is 21.3. The maximum atomic E-state index is 13.2. The molecule has 0 radical (unpaired) electrons. The molecule has 0 saturated carbocycles. The number of aliphatic hydroxyl groups excluding tert-OH is 3. The molecule has 3 aromatic rings. The van der Waals surface area contributed by atoms with Gasteiger partial charge in [-0.3, -0.25) is 0 Å². The Kier molecular flexibility index (Phi) is 6.53. The predicted molar refractivity (Wildman–Crippen MR) is 116 cm³/mol. The summed E-state index contributed by atoms with van der Waals surface area (Å²) in [6, 6.07) is 19.4. The molecule has 3 unspecified atom stereocenters. The summed E-state index contributed by atoms with van der Waals surface area (Å²) in [5.41, 5.74) is 2.56. The Morgan fingerprint density at radius 2 is 1.70 bits per heavy atom. The molecule has 7 heteroatoms. The van der Waals surface area contributed by atoms with Gasteiger partial charge >= 0.3 is 0 Å². The summed E-state index contributed by atoms with van der Waals surface area (Å²) >= 11 is 8.08. The van der Waals surface area contributed by atoms with Crippen LogP contribution in [0.15, 0.2) is 60.7 Å². The first kappa shape index (κ1) is 21.4. The lowest BCUT2D eigenvalue weighted by molar-refractivity contribution is -0.227. The molecule has 0 amide bonds. The molecule has 4 nitrogen and oxygen atoms in total. The van der Waals surface area contributed by atoms with Gasteiger partial charge in [-0.05, 0) is 34.9 Å². The van der Waals surface area contributed by atoms with Gasteiger partial charge < -0.3 is 20.1 Å². The molecule has 1 fully saturated rings. The Labute approximate surface area is 183 Å². The molecule has 1 aliphatic rings. The number of hydrogen-bond acceptors (Lipinski definition) is 5. The number of thiophene rings is 1. The lowest BCUT2D eigenvalue weighted by Crippen LogP contribution is -2.54. The monoisotopic (exact) mass is 448 g/mol. The third-order valence-corrected chi connectivity index (χ3v) is 6.85. The number of halogens is 2. The van der Waals surface area contributed by atoms with Crippen molar-refractivity contribution in [1.29, 1.82) is 0 Å². The van der Waals surface area contributed by atoms with Crippen molar-refractivity contribution < 1.29 is 24.4 Å². The highest BCUT2D eigenvalue weighted by molar-refractivity contribution is 7.15. The maximum absolute atomic E-state index is 13.2. The van der Waals surface area contributed by atoms with Gasteiger partial charge in [0.25, 0.3) is 0 Å². The second-order valence-corrected chi connectivity index (χ2v) is 8.96. The molecule has 2 aromatic carbocycles. The minimum absolute atomic E-state index is 0.571. The highest BCUT2D eigenvalue weighted by atomic mass is 35.5. The minimum atomic E-state index is -1.49. The van der Waals surface area contributed by atoms with E-state index in [0.29, 0.717) is 17.0 Å². The molecule has 2 heterocycles. The molecule has 3 N–H and O–H groups in total. The Hall–Kier alpha value is -1.80. The molecule has 4 rings (SSSR count). The average Bonchev–Trinajstić information content (AvgIpc) is 3.23. The van der Waals surface area contributed by atoms with E-state index in [1.807, 2.05) is 18.2 Å². The van der Waals surface area contributed by atoms with E-state index in [4.69, 9.17) is 16.3 Å². The molecule has 158 valence electrons. The van der Waals surface area contributed by atoms with Crippen molar-refractivity contribution in [2.24, 2.45) is 0 Å². The van der Waals surface area contributed by atoms with Crippen molar-refractivity contribution in [3.05, 3.63) is 81.7 Å². The third kappa shape index (κ3) is 4.30. The first-order valence-electron chi connectivity index (χ1n) is 9.66. The smallest absolute Gasteiger partial charge is 0.118 e. The fraction of sp³-hybridized carbons (Fsp3) is 0.304. The maximum Gasteiger partial charge on any atom is 0.118 e. The van der Waals surface area contributed by atoms with Crippen molar-refractivity contribution >= 4 is 22.9 Å². The lowest BCUT2D eigenvalue weighted by Gasteiger charge is -2.40. The van der Waals surface area contributed by atoms with Crippen LogP contribution in [0.1, 0.15) is 22.1 Å². The summed E-state index contributed by atoms with van der Waals surface area (Å²) in [4.78, 5) is 2.28. The quantitative estimate of drug-likeness (QED) is 0.548. The van der Waals surface area contributed by atoms with Gasteiger partial charge in [0.15, 0.2) is 0 Å². The van der Waals surface area contributed by atoms with Crippen LogP contribution >= 0.6 is 22.9 Å². The summed E-state index contributed by atoms with van der Waals surface area (Å²) in [6.45, 7) is -0.959. The van der Waals surface area contributed by atoms with E-state index in [1.165, 1.54) is 0 Å². The number of ether oxygens (including phenoxy) is 1. The fourth-order valence-corrected chi connectivity index (χ4v) is 4.90. The van der Waals surface area contributed by atoms with Gasteiger partial charge in [0, 0.05) is 21.2 Å². The molecule has 0 bridgehead atoms. The molecular formula is C23H22ClFO4S. The van der Waals surface area contributed by atoms with Crippen molar-refractivity contribution in [3.8, 4) is 10.4 Å². The van der Waals surface area contributed by atoms with Crippen molar-refractivity contribution in [2.75, 3.05) is 6.67 Å². The molecular weight excluding hydrogens is 427 g/mol. The summed E-state index contributed by atoms with van der Waals surface area (Å²) in [5.74, 6) is 0. The largest absolute Gasteiger partial charge is 0.387 e. The van der Waals surface area contributed by atoms with Crippen LogP contribution in [0, 0.1) is 0 Å². The van der Waals surface area contributed by atoms with Gasteiger partial charge in [0.1, 0.15) is 37.2 Å². The Morgan fingerprint density at radius 3 is 2.43 bits per heavy atom. The Morgan fingerprint density at radius 1 is 0.933 bits per heavy atom. The SMILES string of the molecule is OC1[C@H](O)C(CF)OC(c2ccc(Cl)c(Cc3ccc(-c4ccccc4)s3)c2)[C@@H]1O. The van der Waals surface area contributed by atoms with Crippen LogP contribution in [0.25, 0.3) is 10.4 Å². The molecule has 1 saturated heterocycles. The van der Waals surface area contributed by atoms with Crippen LogP contribution in [-0.4, -0.2) is 46.4 Å². The zero-order valence-electron chi connectivity index (χ0n) is 16.0. The van der Waals surface area contributed by atoms with Gasteiger partial charge in [0.05, 0.1) is 0 Å². The minimum Gasteiger partial charge on any atom is -0.387 e. The second kappa shape index (κ2) is 9.14. The van der Waals surface area contributed by atoms with Gasteiger partial charge in [-0.15, -0.1) is 11.3 Å². The number of aliphatic hydroxyl groups is 3. The van der Waals surface area contributed by atoms with Crippen LogP contribution in [0.2, 0.25) is 5.02 Å². The lowest BCUT2D eigenvalue weighted by atomic mass is 9.90. The van der Waals surface area contributed by atoms with Gasteiger partial charge in [-0.1, -0.05) is 54.1 Å². The normalized spacial score (nSPS) is 26.6. The van der Waals surface area contributed by atoms with E-state index in [9.17, 15) is 19.7 Å². The van der Waals surface area contributed by atoms with Crippen molar-refractivity contribution in [2.45, 2.75) is 36.9 Å². The topological polar surface area (TPSA) is 69.9 Å². The molecule has 0 spiro atoms. The molecule has 5 atom stereocenters. The zero-order valence-corrected chi connectivity index (χ0v) is 17.6.